The molecule has 0 aliphatic heterocycles. The molecule has 94 valence electrons. The maximum atomic E-state index is 11.4. The number of nitrogens with two attached hydrogens (primary N) is 1. The molecule has 0 aromatic rings. The Morgan fingerprint density at radius 1 is 1.31 bits per heavy atom. The summed E-state index contributed by atoms with van der Waals surface area (Å²) in [6.45, 7) is 2.85. The number of amides is 1. The molecule has 0 aromatic heterocycles. The fourth-order valence-electron chi connectivity index (χ4n) is 1.11. The highest BCUT2D eigenvalue weighted by Crippen LogP contribution is 2.22. The van der Waals surface area contributed by atoms with E-state index >= 15 is 0 Å². The molecule has 0 bridgehead atoms. The largest absolute Gasteiger partial charge is 0.480 e. The minimum absolute atomic E-state index is 0.0124. The van der Waals surface area contributed by atoms with Crippen molar-refractivity contribution < 1.29 is 23.1 Å². The normalized spacial score (nSPS) is 15.4. The molecule has 7 heteroatoms. The molecule has 0 spiro atoms. The van der Waals surface area contributed by atoms with Crippen LogP contribution in [0.5, 0.6) is 0 Å². The first-order valence-electron chi connectivity index (χ1n) is 4.89. The van der Waals surface area contributed by atoms with Crippen molar-refractivity contribution in [2.24, 2.45) is 11.1 Å². The smallest absolute Gasteiger partial charge is 0.318 e. The Morgan fingerprint density at radius 2 is 1.81 bits per heavy atom. The van der Waals surface area contributed by atoms with Crippen LogP contribution in [0.3, 0.4) is 0 Å². The van der Waals surface area contributed by atoms with Crippen LogP contribution in [0.15, 0.2) is 0 Å². The summed E-state index contributed by atoms with van der Waals surface area (Å²) in [7, 11) is -3.30. The lowest BCUT2D eigenvalue weighted by Gasteiger charge is -2.20. The Morgan fingerprint density at radius 3 is 2.12 bits per heavy atom. The van der Waals surface area contributed by atoms with E-state index in [1.165, 1.54) is 0 Å². The zero-order chi connectivity index (χ0) is 13.0. The quantitative estimate of drug-likeness (QED) is 0.607. The van der Waals surface area contributed by atoms with Gasteiger partial charge in [0, 0.05) is 5.75 Å². The highest BCUT2D eigenvalue weighted by Gasteiger charge is 2.40. The van der Waals surface area contributed by atoms with E-state index < -0.39 is 27.1 Å². The van der Waals surface area contributed by atoms with Gasteiger partial charge in [-0.1, -0.05) is 6.92 Å². The monoisotopic (exact) mass is 251 g/mol. The van der Waals surface area contributed by atoms with Crippen molar-refractivity contribution in [3.05, 3.63) is 0 Å². The second-order valence-electron chi connectivity index (χ2n) is 3.90. The first-order valence-corrected chi connectivity index (χ1v) is 6.71. The van der Waals surface area contributed by atoms with Crippen LogP contribution in [-0.4, -0.2) is 36.9 Å². The lowest BCUT2D eigenvalue weighted by atomic mass is 9.87. The summed E-state index contributed by atoms with van der Waals surface area (Å²) in [5.41, 5.74) is 3.14. The van der Waals surface area contributed by atoms with Crippen molar-refractivity contribution in [1.82, 2.24) is 0 Å². The van der Waals surface area contributed by atoms with Gasteiger partial charge < -0.3 is 10.8 Å². The van der Waals surface area contributed by atoms with Gasteiger partial charge >= 0.3 is 5.97 Å². The minimum Gasteiger partial charge on any atom is -0.480 e. The summed E-state index contributed by atoms with van der Waals surface area (Å²) >= 11 is 0. The number of carbonyl (C=O) groups excluding carboxylic acids is 1. The molecule has 0 saturated heterocycles. The van der Waals surface area contributed by atoms with Crippen LogP contribution >= 0.6 is 0 Å². The predicted octanol–water partition coefficient (Wildman–Crippen LogP) is -0.222. The Labute approximate surface area is 94.7 Å². The van der Waals surface area contributed by atoms with Crippen LogP contribution in [0.2, 0.25) is 0 Å². The van der Waals surface area contributed by atoms with Crippen LogP contribution in [0.25, 0.3) is 0 Å². The molecule has 1 atom stereocenters. The maximum Gasteiger partial charge on any atom is 0.318 e. The highest BCUT2D eigenvalue weighted by molar-refractivity contribution is 7.91. The Balaban J connectivity index is 4.71. The number of aliphatic carboxylic acids is 1. The van der Waals surface area contributed by atoms with Gasteiger partial charge in [0.15, 0.2) is 0 Å². The molecule has 1 amide bonds. The molecule has 0 aromatic carbocycles. The Kier molecular flexibility index (Phi) is 4.92. The topological polar surface area (TPSA) is 115 Å². The molecule has 1 unspecified atom stereocenters. The third kappa shape index (κ3) is 3.80. The van der Waals surface area contributed by atoms with Crippen LogP contribution in [0, 0.1) is 5.41 Å². The number of hydrogen-bond donors (Lipinski definition) is 2. The molecule has 0 saturated carbocycles. The van der Waals surface area contributed by atoms with Gasteiger partial charge in [-0.15, -0.1) is 0 Å². The number of primary amides is 1. The molecular formula is C9H17NO5S. The number of hydrogen-bond acceptors (Lipinski definition) is 4. The van der Waals surface area contributed by atoms with Crippen molar-refractivity contribution >= 4 is 21.7 Å². The molecule has 0 heterocycles. The summed E-state index contributed by atoms with van der Waals surface area (Å²) in [5.74, 6) is -2.77. The van der Waals surface area contributed by atoms with Gasteiger partial charge in [-0.2, -0.15) is 0 Å². The lowest BCUT2D eigenvalue weighted by molar-refractivity contribution is -0.153. The van der Waals surface area contributed by atoms with Crippen molar-refractivity contribution in [2.45, 2.75) is 26.7 Å². The van der Waals surface area contributed by atoms with Gasteiger partial charge in [-0.3, -0.25) is 9.59 Å². The number of sulfone groups is 1. The summed E-state index contributed by atoms with van der Waals surface area (Å²) < 4.78 is 22.8. The van der Waals surface area contributed by atoms with Crippen LogP contribution in [-0.2, 0) is 19.4 Å². The Bertz CT molecular complexity index is 359. The molecular weight excluding hydrogens is 234 g/mol. The van der Waals surface area contributed by atoms with Gasteiger partial charge in [-0.25, -0.2) is 8.42 Å². The molecule has 0 aliphatic rings. The third-order valence-electron chi connectivity index (χ3n) is 2.44. The number of carboxylic acids is 1. The van der Waals surface area contributed by atoms with E-state index in [1.54, 1.807) is 6.92 Å². The van der Waals surface area contributed by atoms with Crippen LogP contribution in [0.1, 0.15) is 26.7 Å². The van der Waals surface area contributed by atoms with Gasteiger partial charge in [0.05, 0.1) is 5.75 Å². The molecule has 6 nitrogen and oxygen atoms in total. The first-order chi connectivity index (χ1) is 7.15. The van der Waals surface area contributed by atoms with Crippen molar-refractivity contribution in [1.29, 1.82) is 0 Å². The van der Waals surface area contributed by atoms with E-state index in [0.717, 1.165) is 6.92 Å². The fourth-order valence-corrected chi connectivity index (χ4v) is 2.65. The van der Waals surface area contributed by atoms with Gasteiger partial charge in [0.2, 0.25) is 5.91 Å². The van der Waals surface area contributed by atoms with E-state index in [-0.39, 0.29) is 17.9 Å². The second kappa shape index (κ2) is 5.29. The molecule has 0 radical (unpaired) electrons. The first kappa shape index (κ1) is 14.9. The lowest BCUT2D eigenvalue weighted by Crippen LogP contribution is -2.42. The fraction of sp³-hybridized carbons (Fsp3) is 0.778. The van der Waals surface area contributed by atoms with Gasteiger partial charge in [0.25, 0.3) is 0 Å². The third-order valence-corrected chi connectivity index (χ3v) is 4.30. The molecule has 0 fully saturated rings. The van der Waals surface area contributed by atoms with Crippen molar-refractivity contribution in [2.75, 3.05) is 11.5 Å². The van der Waals surface area contributed by atoms with Gasteiger partial charge in [0.1, 0.15) is 15.3 Å². The van der Waals surface area contributed by atoms with E-state index in [1.807, 2.05) is 0 Å². The predicted molar refractivity (Wildman–Crippen MR) is 58.5 cm³/mol. The number of carbonyl (C=O) groups is 2. The number of carboxylic acid groups (broad SMARTS) is 1. The molecule has 16 heavy (non-hydrogen) atoms. The molecule has 0 aliphatic carbocycles. The van der Waals surface area contributed by atoms with E-state index in [2.05, 4.69) is 0 Å². The highest BCUT2D eigenvalue weighted by atomic mass is 32.2. The maximum absolute atomic E-state index is 11.4. The Hall–Kier alpha value is -1.11. The SMILES string of the molecule is CCCS(=O)(=O)CCC(C)(C(N)=O)C(=O)O. The van der Waals surface area contributed by atoms with E-state index in [9.17, 15) is 18.0 Å². The summed E-state index contributed by atoms with van der Waals surface area (Å²) in [4.78, 5) is 21.8. The summed E-state index contributed by atoms with van der Waals surface area (Å²) in [6, 6.07) is 0. The minimum atomic E-state index is -3.30. The standard InChI is InChI=1S/C9H17NO5S/c1-3-5-16(14,15)6-4-9(2,7(10)11)8(12)13/h3-6H2,1-2H3,(H2,10,11)(H,12,13). The van der Waals surface area contributed by atoms with Crippen molar-refractivity contribution in [3.8, 4) is 0 Å². The average molecular weight is 251 g/mol. The summed E-state index contributed by atoms with van der Waals surface area (Å²) in [6.07, 6.45) is 0.169. The van der Waals surface area contributed by atoms with Crippen molar-refractivity contribution in [3.63, 3.8) is 0 Å². The zero-order valence-corrected chi connectivity index (χ0v) is 10.2. The molecule has 3 N–H and O–H groups in total. The van der Waals surface area contributed by atoms with Gasteiger partial charge in [-0.05, 0) is 19.8 Å². The van der Waals surface area contributed by atoms with E-state index in [0.29, 0.717) is 6.42 Å². The molecule has 0 rings (SSSR count). The zero-order valence-electron chi connectivity index (χ0n) is 9.39. The average Bonchev–Trinajstić information content (AvgIpc) is 2.13. The number of rotatable bonds is 7. The van der Waals surface area contributed by atoms with E-state index in [4.69, 9.17) is 10.8 Å². The second-order valence-corrected chi connectivity index (χ2v) is 6.21. The van der Waals surface area contributed by atoms with Crippen LogP contribution in [0.4, 0.5) is 0 Å². The van der Waals surface area contributed by atoms with Crippen LogP contribution < -0.4 is 5.73 Å². The summed E-state index contributed by atoms with van der Waals surface area (Å²) in [5, 5.41) is 8.83.